The van der Waals surface area contributed by atoms with Gasteiger partial charge in [-0.15, -0.1) is 34.3 Å². The fourth-order valence-electron chi connectivity index (χ4n) is 1.34. The zero-order valence-electron chi connectivity index (χ0n) is 8.17. The molecular formula is C11H10BrClS2. The van der Waals surface area contributed by atoms with Crippen molar-refractivity contribution in [2.45, 2.75) is 18.7 Å². The van der Waals surface area contributed by atoms with Crippen LogP contribution < -0.4 is 0 Å². The van der Waals surface area contributed by atoms with Gasteiger partial charge in [0.05, 0.1) is 9.16 Å². The summed E-state index contributed by atoms with van der Waals surface area (Å²) in [7, 11) is 0. The highest BCUT2D eigenvalue weighted by atomic mass is 79.9. The lowest BCUT2D eigenvalue weighted by molar-refractivity contribution is 0.959. The van der Waals surface area contributed by atoms with Crippen LogP contribution in [0.2, 0.25) is 0 Å². The van der Waals surface area contributed by atoms with Gasteiger partial charge in [0.25, 0.3) is 0 Å². The lowest BCUT2D eigenvalue weighted by atomic mass is 10.2. The van der Waals surface area contributed by atoms with Crippen molar-refractivity contribution in [2.75, 3.05) is 0 Å². The van der Waals surface area contributed by atoms with E-state index in [9.17, 15) is 0 Å². The maximum Gasteiger partial charge on any atom is 0.0731 e. The third kappa shape index (κ3) is 2.84. The van der Waals surface area contributed by atoms with Crippen LogP contribution >= 0.6 is 50.2 Å². The first-order chi connectivity index (χ1) is 7.16. The van der Waals surface area contributed by atoms with Crippen LogP contribution in [0.25, 0.3) is 0 Å². The van der Waals surface area contributed by atoms with E-state index in [1.54, 1.807) is 22.7 Å². The highest BCUT2D eigenvalue weighted by Gasteiger charge is 2.13. The number of rotatable bonds is 3. The molecule has 0 aliphatic heterocycles. The van der Waals surface area contributed by atoms with E-state index < -0.39 is 0 Å². The van der Waals surface area contributed by atoms with Crippen LogP contribution in [0.4, 0.5) is 0 Å². The third-order valence-electron chi connectivity index (χ3n) is 2.15. The van der Waals surface area contributed by atoms with Crippen LogP contribution in [-0.4, -0.2) is 0 Å². The van der Waals surface area contributed by atoms with Gasteiger partial charge in [-0.25, -0.2) is 0 Å². The van der Waals surface area contributed by atoms with Gasteiger partial charge in [-0.05, 0) is 45.9 Å². The molecular weight excluding hydrogens is 312 g/mol. The van der Waals surface area contributed by atoms with E-state index in [0.29, 0.717) is 0 Å². The van der Waals surface area contributed by atoms with Crippen LogP contribution in [0, 0.1) is 6.92 Å². The molecule has 0 radical (unpaired) electrons. The van der Waals surface area contributed by atoms with Gasteiger partial charge >= 0.3 is 0 Å². The van der Waals surface area contributed by atoms with Crippen molar-refractivity contribution in [3.8, 4) is 0 Å². The molecule has 0 saturated heterocycles. The Kier molecular flexibility index (Phi) is 3.88. The lowest BCUT2D eigenvalue weighted by Gasteiger charge is -2.04. The smallest absolute Gasteiger partial charge is 0.0731 e. The summed E-state index contributed by atoms with van der Waals surface area (Å²) in [6.45, 7) is 2.10. The second-order valence-corrected chi connectivity index (χ2v) is 7.32. The third-order valence-corrected chi connectivity index (χ3v) is 5.81. The van der Waals surface area contributed by atoms with E-state index >= 15 is 0 Å². The van der Waals surface area contributed by atoms with Crippen molar-refractivity contribution in [2.24, 2.45) is 0 Å². The molecule has 0 spiro atoms. The molecule has 1 atom stereocenters. The van der Waals surface area contributed by atoms with Crippen molar-refractivity contribution < 1.29 is 0 Å². The average Bonchev–Trinajstić information content (AvgIpc) is 2.78. The van der Waals surface area contributed by atoms with E-state index in [0.717, 1.165) is 6.42 Å². The SMILES string of the molecule is Cc1cc(C(Cl)Cc2cccs2)sc1Br. The number of hydrogen-bond donors (Lipinski definition) is 0. The van der Waals surface area contributed by atoms with E-state index in [1.807, 2.05) is 0 Å². The Hall–Kier alpha value is 0.170. The molecule has 0 aliphatic carbocycles. The molecule has 0 nitrogen and oxygen atoms in total. The summed E-state index contributed by atoms with van der Waals surface area (Å²) in [6.07, 6.45) is 0.922. The standard InChI is InChI=1S/C11H10BrClS2/c1-7-5-10(15-11(7)12)9(13)6-8-3-2-4-14-8/h2-5,9H,6H2,1H3. The van der Waals surface area contributed by atoms with Gasteiger partial charge in [0.15, 0.2) is 0 Å². The summed E-state index contributed by atoms with van der Waals surface area (Å²) < 4.78 is 1.19. The summed E-state index contributed by atoms with van der Waals surface area (Å²) in [5.74, 6) is 0. The minimum absolute atomic E-state index is 0.0960. The monoisotopic (exact) mass is 320 g/mol. The maximum absolute atomic E-state index is 6.38. The average molecular weight is 322 g/mol. The highest BCUT2D eigenvalue weighted by Crippen LogP contribution is 2.36. The summed E-state index contributed by atoms with van der Waals surface area (Å²) in [5.41, 5.74) is 1.27. The largest absolute Gasteiger partial charge is 0.149 e. The first-order valence-corrected chi connectivity index (χ1v) is 7.51. The Morgan fingerprint density at radius 3 is 2.87 bits per heavy atom. The Labute approximate surface area is 111 Å². The second kappa shape index (κ2) is 5.00. The zero-order valence-corrected chi connectivity index (χ0v) is 12.1. The summed E-state index contributed by atoms with van der Waals surface area (Å²) in [4.78, 5) is 2.59. The minimum Gasteiger partial charge on any atom is -0.149 e. The summed E-state index contributed by atoms with van der Waals surface area (Å²) in [6, 6.07) is 6.37. The predicted molar refractivity (Wildman–Crippen MR) is 73.4 cm³/mol. The van der Waals surface area contributed by atoms with Gasteiger partial charge in [0.1, 0.15) is 0 Å². The molecule has 1 unspecified atom stereocenters. The number of hydrogen-bond acceptors (Lipinski definition) is 2. The van der Waals surface area contributed by atoms with E-state index in [4.69, 9.17) is 11.6 Å². The molecule has 4 heteroatoms. The van der Waals surface area contributed by atoms with Crippen LogP contribution in [0.3, 0.4) is 0 Å². The van der Waals surface area contributed by atoms with Gasteiger partial charge in [-0.3, -0.25) is 0 Å². The normalized spacial score (nSPS) is 13.0. The maximum atomic E-state index is 6.38. The molecule has 0 fully saturated rings. The summed E-state index contributed by atoms with van der Waals surface area (Å²) in [5, 5.41) is 2.19. The number of halogens is 2. The van der Waals surface area contributed by atoms with Crippen LogP contribution in [-0.2, 0) is 6.42 Å². The van der Waals surface area contributed by atoms with Crippen molar-refractivity contribution in [3.05, 3.63) is 42.7 Å². The molecule has 80 valence electrons. The molecule has 0 saturated carbocycles. The van der Waals surface area contributed by atoms with Gasteiger partial charge in [-0.2, -0.15) is 0 Å². The number of aryl methyl sites for hydroxylation is 1. The molecule has 0 aliphatic rings. The molecule has 0 bridgehead atoms. The van der Waals surface area contributed by atoms with Crippen LogP contribution in [0.5, 0.6) is 0 Å². The lowest BCUT2D eigenvalue weighted by Crippen LogP contribution is -1.90. The molecule has 0 amide bonds. The number of thiophene rings is 2. The van der Waals surface area contributed by atoms with Crippen LogP contribution in [0.1, 0.15) is 20.7 Å². The first-order valence-electron chi connectivity index (χ1n) is 4.59. The molecule has 0 N–H and O–H groups in total. The molecule has 2 heterocycles. The van der Waals surface area contributed by atoms with Gasteiger partial charge < -0.3 is 0 Å². The predicted octanol–water partition coefficient (Wildman–Crippen LogP) is 5.40. The van der Waals surface area contributed by atoms with Gasteiger partial charge in [0.2, 0.25) is 0 Å². The zero-order chi connectivity index (χ0) is 10.8. The van der Waals surface area contributed by atoms with Crippen molar-refractivity contribution >= 4 is 50.2 Å². The summed E-state index contributed by atoms with van der Waals surface area (Å²) >= 11 is 13.4. The van der Waals surface area contributed by atoms with Gasteiger partial charge in [-0.1, -0.05) is 6.07 Å². The van der Waals surface area contributed by atoms with E-state index in [2.05, 4.69) is 46.4 Å². The van der Waals surface area contributed by atoms with E-state index in [-0.39, 0.29) is 5.38 Å². The molecule has 2 aromatic rings. The highest BCUT2D eigenvalue weighted by molar-refractivity contribution is 9.11. The Morgan fingerprint density at radius 1 is 1.53 bits per heavy atom. The van der Waals surface area contributed by atoms with Gasteiger partial charge in [0, 0.05) is 16.2 Å². The second-order valence-electron chi connectivity index (χ2n) is 3.36. The van der Waals surface area contributed by atoms with Crippen molar-refractivity contribution in [1.29, 1.82) is 0 Å². The topological polar surface area (TPSA) is 0 Å². The molecule has 2 rings (SSSR count). The first kappa shape index (κ1) is 11.6. The fraction of sp³-hybridized carbons (Fsp3) is 0.273. The Balaban J connectivity index is 2.11. The van der Waals surface area contributed by atoms with Crippen molar-refractivity contribution in [3.63, 3.8) is 0 Å². The number of alkyl halides is 1. The molecule has 15 heavy (non-hydrogen) atoms. The van der Waals surface area contributed by atoms with Crippen molar-refractivity contribution in [1.82, 2.24) is 0 Å². The molecule has 2 aromatic heterocycles. The molecule has 0 aromatic carbocycles. The fourth-order valence-corrected chi connectivity index (χ4v) is 4.10. The van der Waals surface area contributed by atoms with E-state index in [1.165, 1.54) is 19.1 Å². The van der Waals surface area contributed by atoms with Crippen LogP contribution in [0.15, 0.2) is 27.4 Å². The quantitative estimate of drug-likeness (QED) is 0.664. The Morgan fingerprint density at radius 2 is 2.33 bits per heavy atom. The minimum atomic E-state index is 0.0960. The Bertz CT molecular complexity index is 414.